The number of hydrogen-bond donors (Lipinski definition) is 1. The van der Waals surface area contributed by atoms with Gasteiger partial charge < -0.3 is 9.88 Å². The fourth-order valence-electron chi connectivity index (χ4n) is 2.85. The van der Waals surface area contributed by atoms with E-state index in [9.17, 15) is 0 Å². The maximum atomic E-state index is 4.49. The number of thioether (sulfide) groups is 1. The summed E-state index contributed by atoms with van der Waals surface area (Å²) in [5.74, 6) is 2.88. The van der Waals surface area contributed by atoms with Crippen LogP contribution in [-0.4, -0.2) is 36.0 Å². The average Bonchev–Trinajstić information content (AvgIpc) is 3.19. The molecule has 1 aliphatic rings. The standard InChI is InChI=1S/C14H17N7S2/c1-8(13-20-19-9-5-3-4-6-21(9)13)17-11-10-12(16-7-15-11)18-14(22-2)23-10/h7-8H,3-6H2,1-2H3,(H,15,16,17). The Morgan fingerprint density at radius 1 is 1.30 bits per heavy atom. The number of nitrogens with zero attached hydrogens (tertiary/aromatic N) is 6. The number of anilines is 1. The molecule has 4 heterocycles. The smallest absolute Gasteiger partial charge is 0.176 e. The lowest BCUT2D eigenvalue weighted by atomic mass is 10.1. The Morgan fingerprint density at radius 3 is 3.09 bits per heavy atom. The molecule has 0 saturated carbocycles. The fourth-order valence-corrected chi connectivity index (χ4v) is 4.31. The molecule has 0 bridgehead atoms. The van der Waals surface area contributed by atoms with Crippen molar-refractivity contribution in [3.8, 4) is 0 Å². The SMILES string of the molecule is CSc1nc2ncnc(NC(C)c3nnc4n3CCCC4)c2s1. The van der Waals surface area contributed by atoms with Crippen LogP contribution in [0.15, 0.2) is 10.7 Å². The van der Waals surface area contributed by atoms with E-state index in [2.05, 4.69) is 42.0 Å². The molecule has 0 aliphatic carbocycles. The number of thiazole rings is 1. The molecule has 23 heavy (non-hydrogen) atoms. The second-order valence-electron chi connectivity index (χ2n) is 5.51. The first kappa shape index (κ1) is 14.8. The first-order valence-corrected chi connectivity index (χ1v) is 9.64. The molecule has 0 saturated heterocycles. The zero-order valence-electron chi connectivity index (χ0n) is 13.0. The van der Waals surface area contributed by atoms with Gasteiger partial charge >= 0.3 is 0 Å². The quantitative estimate of drug-likeness (QED) is 0.727. The van der Waals surface area contributed by atoms with Crippen molar-refractivity contribution in [1.82, 2.24) is 29.7 Å². The van der Waals surface area contributed by atoms with Crippen LogP contribution in [0.3, 0.4) is 0 Å². The van der Waals surface area contributed by atoms with Crippen molar-refractivity contribution >= 4 is 39.3 Å². The van der Waals surface area contributed by atoms with E-state index in [1.54, 1.807) is 29.4 Å². The van der Waals surface area contributed by atoms with Gasteiger partial charge in [-0.1, -0.05) is 11.8 Å². The molecule has 1 N–H and O–H groups in total. The van der Waals surface area contributed by atoms with Crippen molar-refractivity contribution in [2.75, 3.05) is 11.6 Å². The Kier molecular flexibility index (Phi) is 3.90. The van der Waals surface area contributed by atoms with Crippen LogP contribution in [0.2, 0.25) is 0 Å². The lowest BCUT2D eigenvalue weighted by molar-refractivity contribution is 0.500. The normalized spacial score (nSPS) is 15.6. The van der Waals surface area contributed by atoms with Crippen LogP contribution in [0.25, 0.3) is 10.3 Å². The van der Waals surface area contributed by atoms with Crippen LogP contribution in [0, 0.1) is 0 Å². The lowest BCUT2D eigenvalue weighted by Gasteiger charge is -2.19. The van der Waals surface area contributed by atoms with Crippen LogP contribution < -0.4 is 5.32 Å². The Balaban J connectivity index is 1.65. The van der Waals surface area contributed by atoms with E-state index in [0.29, 0.717) is 0 Å². The number of nitrogens with one attached hydrogen (secondary N) is 1. The maximum Gasteiger partial charge on any atom is 0.176 e. The first-order valence-electron chi connectivity index (χ1n) is 7.60. The number of aromatic nitrogens is 6. The van der Waals surface area contributed by atoms with Gasteiger partial charge in [0, 0.05) is 13.0 Å². The van der Waals surface area contributed by atoms with Crippen molar-refractivity contribution in [3.63, 3.8) is 0 Å². The Morgan fingerprint density at radius 2 is 2.22 bits per heavy atom. The van der Waals surface area contributed by atoms with Crippen molar-refractivity contribution in [3.05, 3.63) is 18.0 Å². The third-order valence-corrected chi connectivity index (χ3v) is 6.01. The molecule has 0 radical (unpaired) electrons. The van der Waals surface area contributed by atoms with Gasteiger partial charge in [0.2, 0.25) is 0 Å². The third kappa shape index (κ3) is 2.67. The minimum atomic E-state index is 0.0345. The lowest BCUT2D eigenvalue weighted by Crippen LogP contribution is -2.18. The summed E-state index contributed by atoms with van der Waals surface area (Å²) in [6, 6.07) is 0.0345. The molecule has 1 atom stereocenters. The summed E-state index contributed by atoms with van der Waals surface area (Å²) in [7, 11) is 0. The van der Waals surface area contributed by atoms with Crippen molar-refractivity contribution in [2.45, 2.75) is 43.1 Å². The van der Waals surface area contributed by atoms with Crippen molar-refractivity contribution < 1.29 is 0 Å². The molecular weight excluding hydrogens is 330 g/mol. The molecule has 9 heteroatoms. The molecule has 0 spiro atoms. The molecule has 1 unspecified atom stereocenters. The minimum absolute atomic E-state index is 0.0345. The molecular formula is C14H17N7S2. The second kappa shape index (κ2) is 6.04. The average molecular weight is 347 g/mol. The van der Waals surface area contributed by atoms with Gasteiger partial charge in [0.15, 0.2) is 15.8 Å². The summed E-state index contributed by atoms with van der Waals surface area (Å²) in [5, 5.41) is 12.2. The second-order valence-corrected chi connectivity index (χ2v) is 7.56. The van der Waals surface area contributed by atoms with Gasteiger partial charge in [-0.2, -0.15) is 0 Å². The van der Waals surface area contributed by atoms with E-state index in [4.69, 9.17) is 0 Å². The Hall–Kier alpha value is -1.74. The molecule has 0 fully saturated rings. The van der Waals surface area contributed by atoms with Gasteiger partial charge in [-0.25, -0.2) is 15.0 Å². The Labute approximate surface area is 142 Å². The van der Waals surface area contributed by atoms with Gasteiger partial charge in [0.25, 0.3) is 0 Å². The van der Waals surface area contributed by atoms with Gasteiger partial charge in [0.05, 0.1) is 6.04 Å². The van der Waals surface area contributed by atoms with E-state index in [-0.39, 0.29) is 6.04 Å². The monoisotopic (exact) mass is 347 g/mol. The van der Waals surface area contributed by atoms with Crippen LogP contribution in [-0.2, 0) is 13.0 Å². The highest BCUT2D eigenvalue weighted by Crippen LogP contribution is 2.32. The first-order chi connectivity index (χ1) is 11.3. The van der Waals surface area contributed by atoms with E-state index >= 15 is 0 Å². The number of hydrogen-bond acceptors (Lipinski definition) is 8. The van der Waals surface area contributed by atoms with E-state index in [1.165, 1.54) is 12.8 Å². The predicted octanol–water partition coefficient (Wildman–Crippen LogP) is 2.91. The molecule has 3 aromatic heterocycles. The highest BCUT2D eigenvalue weighted by Gasteiger charge is 2.21. The Bertz CT molecular complexity index is 841. The zero-order chi connectivity index (χ0) is 15.8. The summed E-state index contributed by atoms with van der Waals surface area (Å²) in [5.41, 5.74) is 0.743. The van der Waals surface area contributed by atoms with Gasteiger partial charge in [-0.3, -0.25) is 0 Å². The van der Waals surface area contributed by atoms with Crippen LogP contribution in [0.4, 0.5) is 5.82 Å². The van der Waals surface area contributed by atoms with E-state index < -0.39 is 0 Å². The summed E-state index contributed by atoms with van der Waals surface area (Å²) in [6.07, 6.45) is 6.98. The third-order valence-electron chi connectivity index (χ3n) is 3.97. The van der Waals surface area contributed by atoms with Gasteiger partial charge in [-0.05, 0) is 26.0 Å². The number of aryl methyl sites for hydroxylation is 1. The summed E-state index contributed by atoms with van der Waals surface area (Å²) in [4.78, 5) is 13.1. The van der Waals surface area contributed by atoms with Crippen molar-refractivity contribution in [2.24, 2.45) is 0 Å². The minimum Gasteiger partial charge on any atom is -0.359 e. The highest BCUT2D eigenvalue weighted by atomic mass is 32.2. The maximum absolute atomic E-state index is 4.49. The number of fused-ring (bicyclic) bond motifs is 2. The molecule has 120 valence electrons. The molecule has 0 aromatic carbocycles. The predicted molar refractivity (Wildman–Crippen MR) is 92.0 cm³/mol. The van der Waals surface area contributed by atoms with Crippen LogP contribution in [0.5, 0.6) is 0 Å². The van der Waals surface area contributed by atoms with Crippen LogP contribution in [0.1, 0.15) is 37.5 Å². The topological polar surface area (TPSA) is 81.4 Å². The molecule has 0 amide bonds. The fraction of sp³-hybridized carbons (Fsp3) is 0.500. The largest absolute Gasteiger partial charge is 0.359 e. The molecule has 7 nitrogen and oxygen atoms in total. The molecule has 3 aromatic rings. The van der Waals surface area contributed by atoms with Gasteiger partial charge in [-0.15, -0.1) is 21.5 Å². The highest BCUT2D eigenvalue weighted by molar-refractivity contribution is 8.00. The van der Waals surface area contributed by atoms with Gasteiger partial charge in [0.1, 0.15) is 22.7 Å². The summed E-state index contributed by atoms with van der Waals surface area (Å²) >= 11 is 3.24. The van der Waals surface area contributed by atoms with Crippen LogP contribution >= 0.6 is 23.1 Å². The molecule has 1 aliphatic heterocycles. The van der Waals surface area contributed by atoms with E-state index in [1.807, 2.05) is 6.26 Å². The summed E-state index contributed by atoms with van der Waals surface area (Å²) < 4.78 is 4.22. The zero-order valence-corrected chi connectivity index (χ0v) is 14.6. The molecule has 4 rings (SSSR count). The van der Waals surface area contributed by atoms with Crippen molar-refractivity contribution in [1.29, 1.82) is 0 Å². The number of rotatable bonds is 4. The van der Waals surface area contributed by atoms with E-state index in [0.717, 1.165) is 45.1 Å². The summed E-state index contributed by atoms with van der Waals surface area (Å²) in [6.45, 7) is 3.09.